The highest BCUT2D eigenvalue weighted by Crippen LogP contribution is 2.24. The lowest BCUT2D eigenvalue weighted by molar-refractivity contribution is -0.121. The second-order valence-electron chi connectivity index (χ2n) is 6.68. The quantitative estimate of drug-likeness (QED) is 0.659. The topological polar surface area (TPSA) is 75.7 Å². The van der Waals surface area contributed by atoms with Crippen LogP contribution >= 0.6 is 11.6 Å². The van der Waals surface area contributed by atoms with Crippen molar-refractivity contribution in [3.05, 3.63) is 58.6 Å². The second-order valence-corrected chi connectivity index (χ2v) is 8.97. The van der Waals surface area contributed by atoms with Crippen LogP contribution in [0.3, 0.4) is 0 Å². The van der Waals surface area contributed by atoms with E-state index in [1.807, 2.05) is 32.0 Å². The highest BCUT2D eigenvalue weighted by Gasteiger charge is 2.29. The molecular formula is C20H25ClN2O4S. The Morgan fingerprint density at radius 3 is 2.39 bits per heavy atom. The van der Waals surface area contributed by atoms with Gasteiger partial charge in [-0.3, -0.25) is 9.10 Å². The van der Waals surface area contributed by atoms with Gasteiger partial charge in [-0.2, -0.15) is 0 Å². The second kappa shape index (κ2) is 9.30. The van der Waals surface area contributed by atoms with Gasteiger partial charge in [0.25, 0.3) is 0 Å². The first-order valence-electron chi connectivity index (χ1n) is 8.81. The summed E-state index contributed by atoms with van der Waals surface area (Å²) in [6, 6.07) is 11.3. The molecule has 0 aliphatic heterocycles. The van der Waals surface area contributed by atoms with Gasteiger partial charge in [0, 0.05) is 5.02 Å². The van der Waals surface area contributed by atoms with Gasteiger partial charge in [-0.05, 0) is 62.2 Å². The van der Waals surface area contributed by atoms with Crippen molar-refractivity contribution in [2.24, 2.45) is 0 Å². The smallest absolute Gasteiger partial charge is 0.243 e. The van der Waals surface area contributed by atoms with E-state index in [4.69, 9.17) is 16.3 Å². The van der Waals surface area contributed by atoms with Crippen LogP contribution in [0, 0.1) is 13.8 Å². The molecule has 0 saturated carbocycles. The number of sulfonamides is 1. The van der Waals surface area contributed by atoms with Crippen molar-refractivity contribution in [3.63, 3.8) is 0 Å². The molecular weight excluding hydrogens is 400 g/mol. The highest BCUT2D eigenvalue weighted by atomic mass is 35.5. The average Bonchev–Trinajstić information content (AvgIpc) is 2.56. The number of carbonyl (C=O) groups excluding carboxylic acids is 1. The van der Waals surface area contributed by atoms with Crippen LogP contribution in [0.1, 0.15) is 18.1 Å². The number of amides is 1. The van der Waals surface area contributed by atoms with E-state index in [2.05, 4.69) is 5.32 Å². The van der Waals surface area contributed by atoms with Crippen molar-refractivity contribution in [2.45, 2.75) is 26.8 Å². The van der Waals surface area contributed by atoms with Crippen LogP contribution < -0.4 is 14.4 Å². The molecule has 6 nitrogen and oxygen atoms in total. The Labute approximate surface area is 171 Å². The standard InChI is InChI=1S/C20H25ClN2O4S/c1-14-10-15(2)12-19(11-14)27-9-8-22-20(24)16(3)23(28(4,25)26)18-7-5-6-17(21)13-18/h5-7,10-13,16H,8-9H2,1-4H3,(H,22,24)/t16-/m1/s1. The average molecular weight is 425 g/mol. The molecule has 0 aliphatic rings. The van der Waals surface area contributed by atoms with Crippen molar-refractivity contribution in [3.8, 4) is 5.75 Å². The number of rotatable bonds is 8. The number of nitrogens with one attached hydrogen (secondary N) is 1. The lowest BCUT2D eigenvalue weighted by Crippen LogP contribution is -2.48. The first-order valence-corrected chi connectivity index (χ1v) is 11.0. The summed E-state index contributed by atoms with van der Waals surface area (Å²) in [5.74, 6) is 0.311. The van der Waals surface area contributed by atoms with Crippen LogP contribution in [0.2, 0.25) is 5.02 Å². The summed E-state index contributed by atoms with van der Waals surface area (Å²) in [5.41, 5.74) is 2.53. The predicted octanol–water partition coefficient (Wildman–Crippen LogP) is 3.31. The van der Waals surface area contributed by atoms with Gasteiger partial charge in [0.05, 0.1) is 18.5 Å². The number of halogens is 1. The monoisotopic (exact) mass is 424 g/mol. The van der Waals surface area contributed by atoms with E-state index in [9.17, 15) is 13.2 Å². The first kappa shape index (κ1) is 22.0. The van der Waals surface area contributed by atoms with E-state index in [1.165, 1.54) is 13.0 Å². The highest BCUT2D eigenvalue weighted by molar-refractivity contribution is 7.92. The molecule has 0 saturated heterocycles. The van der Waals surface area contributed by atoms with Gasteiger partial charge in [0.15, 0.2) is 0 Å². The zero-order chi connectivity index (χ0) is 20.9. The summed E-state index contributed by atoms with van der Waals surface area (Å²) in [4.78, 5) is 12.5. The number of aryl methyl sites for hydroxylation is 2. The molecule has 0 aromatic heterocycles. The Kier molecular flexibility index (Phi) is 7.32. The van der Waals surface area contributed by atoms with Crippen LogP contribution in [0.15, 0.2) is 42.5 Å². The summed E-state index contributed by atoms with van der Waals surface area (Å²) in [6.45, 7) is 6.03. The fraction of sp³-hybridized carbons (Fsp3) is 0.350. The van der Waals surface area contributed by atoms with Crippen LogP contribution in [0.4, 0.5) is 5.69 Å². The summed E-state index contributed by atoms with van der Waals surface area (Å²) >= 11 is 5.97. The van der Waals surface area contributed by atoms with Crippen molar-refractivity contribution in [2.75, 3.05) is 23.7 Å². The van der Waals surface area contributed by atoms with Crippen molar-refractivity contribution >= 4 is 33.2 Å². The molecule has 0 radical (unpaired) electrons. The Morgan fingerprint density at radius 2 is 1.82 bits per heavy atom. The van der Waals surface area contributed by atoms with Gasteiger partial charge >= 0.3 is 0 Å². The summed E-state index contributed by atoms with van der Waals surface area (Å²) in [7, 11) is -3.68. The zero-order valence-electron chi connectivity index (χ0n) is 16.4. The molecule has 0 bridgehead atoms. The Hall–Kier alpha value is -2.25. The third-order valence-corrected chi connectivity index (χ3v) is 5.49. The van der Waals surface area contributed by atoms with E-state index in [-0.39, 0.29) is 13.2 Å². The molecule has 2 aromatic rings. The molecule has 0 aliphatic carbocycles. The number of ether oxygens (including phenoxy) is 1. The number of hydrogen-bond donors (Lipinski definition) is 1. The van der Waals surface area contributed by atoms with Crippen LogP contribution in [0.5, 0.6) is 5.75 Å². The van der Waals surface area contributed by atoms with Crippen LogP contribution in [-0.4, -0.2) is 39.8 Å². The largest absolute Gasteiger partial charge is 0.492 e. The van der Waals surface area contributed by atoms with E-state index in [0.717, 1.165) is 27.4 Å². The molecule has 152 valence electrons. The van der Waals surface area contributed by atoms with Crippen molar-refractivity contribution in [1.29, 1.82) is 0 Å². The Balaban J connectivity index is 1.99. The lowest BCUT2D eigenvalue weighted by atomic mass is 10.1. The zero-order valence-corrected chi connectivity index (χ0v) is 18.0. The van der Waals surface area contributed by atoms with Gasteiger partial charge < -0.3 is 10.1 Å². The summed E-state index contributed by atoms with van der Waals surface area (Å²) in [6.07, 6.45) is 1.06. The molecule has 2 aromatic carbocycles. The molecule has 28 heavy (non-hydrogen) atoms. The molecule has 2 rings (SSSR count). The SMILES string of the molecule is Cc1cc(C)cc(OCCNC(=O)[C@@H](C)N(c2cccc(Cl)c2)S(C)(=O)=O)c1. The number of anilines is 1. The predicted molar refractivity (Wildman–Crippen MR) is 113 cm³/mol. The molecule has 8 heteroatoms. The minimum Gasteiger partial charge on any atom is -0.492 e. The minimum absolute atomic E-state index is 0.253. The molecule has 0 spiro atoms. The normalized spacial score (nSPS) is 12.3. The molecule has 0 heterocycles. The van der Waals surface area contributed by atoms with E-state index in [1.54, 1.807) is 18.2 Å². The van der Waals surface area contributed by atoms with Crippen LogP contribution in [0.25, 0.3) is 0 Å². The summed E-state index contributed by atoms with van der Waals surface area (Å²) in [5, 5.41) is 3.11. The van der Waals surface area contributed by atoms with E-state index >= 15 is 0 Å². The van der Waals surface area contributed by atoms with Gasteiger partial charge in [-0.1, -0.05) is 23.7 Å². The van der Waals surface area contributed by atoms with Gasteiger partial charge in [-0.15, -0.1) is 0 Å². The first-order chi connectivity index (χ1) is 13.1. The number of carbonyl (C=O) groups is 1. The summed E-state index contributed by atoms with van der Waals surface area (Å²) < 4.78 is 31.2. The third kappa shape index (κ3) is 6.14. The third-order valence-electron chi connectivity index (χ3n) is 4.02. The molecule has 1 amide bonds. The van der Waals surface area contributed by atoms with Gasteiger partial charge in [0.1, 0.15) is 18.4 Å². The maximum absolute atomic E-state index is 12.5. The number of hydrogen-bond acceptors (Lipinski definition) is 4. The van der Waals surface area contributed by atoms with E-state index in [0.29, 0.717) is 10.7 Å². The lowest BCUT2D eigenvalue weighted by Gasteiger charge is -2.28. The van der Waals surface area contributed by atoms with E-state index < -0.39 is 22.0 Å². The molecule has 0 unspecified atom stereocenters. The minimum atomic E-state index is -3.68. The fourth-order valence-corrected chi connectivity index (χ4v) is 4.28. The maximum Gasteiger partial charge on any atom is 0.243 e. The number of nitrogens with zero attached hydrogens (tertiary/aromatic N) is 1. The van der Waals surface area contributed by atoms with Crippen molar-refractivity contribution < 1.29 is 17.9 Å². The van der Waals surface area contributed by atoms with Gasteiger partial charge in [0.2, 0.25) is 15.9 Å². The molecule has 1 atom stereocenters. The molecule has 1 N–H and O–H groups in total. The van der Waals surface area contributed by atoms with Gasteiger partial charge in [-0.25, -0.2) is 8.42 Å². The van der Waals surface area contributed by atoms with Crippen molar-refractivity contribution in [1.82, 2.24) is 5.32 Å². The Bertz CT molecular complexity index is 927. The van der Waals surface area contributed by atoms with Crippen LogP contribution in [-0.2, 0) is 14.8 Å². The fourth-order valence-electron chi connectivity index (χ4n) is 2.93. The number of benzene rings is 2. The Morgan fingerprint density at radius 1 is 1.18 bits per heavy atom. The maximum atomic E-state index is 12.5. The molecule has 0 fully saturated rings.